The van der Waals surface area contributed by atoms with Crippen LogP contribution in [0.4, 0.5) is 13.2 Å². The van der Waals surface area contributed by atoms with E-state index in [-0.39, 0.29) is 13.1 Å². The largest absolute Gasteiger partial charge is 0.480 e. The molecule has 0 aromatic heterocycles. The Labute approximate surface area is 91.6 Å². The van der Waals surface area contributed by atoms with Crippen LogP contribution in [0.25, 0.3) is 0 Å². The smallest absolute Gasteiger partial charge is 0.401 e. The fraction of sp³-hybridized carbons (Fsp3) is 0.889. The van der Waals surface area contributed by atoms with E-state index in [0.717, 1.165) is 0 Å². The van der Waals surface area contributed by atoms with Crippen molar-refractivity contribution in [3.8, 4) is 0 Å². The molecule has 0 saturated carbocycles. The molecular formula is C9H15F3N2O2. The minimum absolute atomic E-state index is 0.0974. The Balaban J connectivity index is 2.37. The molecule has 0 atom stereocenters. The molecule has 0 bridgehead atoms. The van der Waals surface area contributed by atoms with Crippen molar-refractivity contribution < 1.29 is 23.1 Å². The van der Waals surface area contributed by atoms with E-state index in [1.807, 2.05) is 0 Å². The van der Waals surface area contributed by atoms with Crippen molar-refractivity contribution in [1.29, 1.82) is 0 Å². The molecule has 0 aliphatic carbocycles. The first-order valence-corrected chi connectivity index (χ1v) is 5.10. The fourth-order valence-corrected chi connectivity index (χ4v) is 1.79. The van der Waals surface area contributed by atoms with Crippen LogP contribution in [0.15, 0.2) is 0 Å². The van der Waals surface area contributed by atoms with Gasteiger partial charge in [0.1, 0.15) is 0 Å². The lowest BCUT2D eigenvalue weighted by Gasteiger charge is -2.21. The number of hydrogen-bond donors (Lipinski definition) is 1. The van der Waals surface area contributed by atoms with Crippen LogP contribution in [0.5, 0.6) is 0 Å². The normalized spacial score (nSPS) is 20.7. The number of aliphatic carboxylic acids is 1. The van der Waals surface area contributed by atoms with Crippen LogP contribution >= 0.6 is 0 Å². The molecule has 1 aliphatic heterocycles. The first-order chi connectivity index (χ1) is 7.37. The highest BCUT2D eigenvalue weighted by Gasteiger charge is 2.31. The second-order valence-electron chi connectivity index (χ2n) is 3.91. The maximum Gasteiger partial charge on any atom is 0.401 e. The summed E-state index contributed by atoms with van der Waals surface area (Å²) in [7, 11) is 0. The number of carboxylic acid groups (broad SMARTS) is 1. The summed E-state index contributed by atoms with van der Waals surface area (Å²) < 4.78 is 36.4. The van der Waals surface area contributed by atoms with Gasteiger partial charge in [0.05, 0.1) is 13.1 Å². The third-order valence-electron chi connectivity index (χ3n) is 2.44. The molecule has 1 N–H and O–H groups in total. The summed E-state index contributed by atoms with van der Waals surface area (Å²) in [6.45, 7) is 0.555. The lowest BCUT2D eigenvalue weighted by molar-refractivity contribution is -0.146. The van der Waals surface area contributed by atoms with Gasteiger partial charge in [0, 0.05) is 19.6 Å². The van der Waals surface area contributed by atoms with Gasteiger partial charge in [0.2, 0.25) is 0 Å². The number of carboxylic acids is 1. The Bertz CT molecular complexity index is 245. The quantitative estimate of drug-likeness (QED) is 0.786. The highest BCUT2D eigenvalue weighted by Crippen LogP contribution is 2.17. The highest BCUT2D eigenvalue weighted by molar-refractivity contribution is 5.69. The number of halogens is 3. The van der Waals surface area contributed by atoms with Crippen molar-refractivity contribution in [2.45, 2.75) is 12.6 Å². The van der Waals surface area contributed by atoms with Gasteiger partial charge in [-0.3, -0.25) is 14.6 Å². The van der Waals surface area contributed by atoms with E-state index in [4.69, 9.17) is 5.11 Å². The van der Waals surface area contributed by atoms with Crippen molar-refractivity contribution in [2.24, 2.45) is 0 Å². The Hall–Kier alpha value is -0.820. The summed E-state index contributed by atoms with van der Waals surface area (Å²) in [5, 5.41) is 8.57. The highest BCUT2D eigenvalue weighted by atomic mass is 19.4. The van der Waals surface area contributed by atoms with E-state index < -0.39 is 18.7 Å². The van der Waals surface area contributed by atoms with Gasteiger partial charge in [0.15, 0.2) is 0 Å². The van der Waals surface area contributed by atoms with Crippen LogP contribution in [0.2, 0.25) is 0 Å². The van der Waals surface area contributed by atoms with Crippen LogP contribution in [0.3, 0.4) is 0 Å². The maximum atomic E-state index is 12.1. The van der Waals surface area contributed by atoms with Gasteiger partial charge in [0.25, 0.3) is 0 Å². The zero-order valence-corrected chi connectivity index (χ0v) is 8.83. The SMILES string of the molecule is O=C(O)CN1CCCN(CC(F)(F)F)CC1. The summed E-state index contributed by atoms with van der Waals surface area (Å²) in [4.78, 5) is 13.4. The number of alkyl halides is 3. The van der Waals surface area contributed by atoms with Crippen LogP contribution in [-0.4, -0.2) is 66.3 Å². The van der Waals surface area contributed by atoms with Gasteiger partial charge in [-0.2, -0.15) is 13.2 Å². The molecule has 1 rings (SSSR count). The van der Waals surface area contributed by atoms with Crippen molar-refractivity contribution in [3.05, 3.63) is 0 Å². The summed E-state index contributed by atoms with van der Waals surface area (Å²) in [6.07, 6.45) is -3.61. The molecule has 16 heavy (non-hydrogen) atoms. The molecule has 4 nitrogen and oxygen atoms in total. The second kappa shape index (κ2) is 5.49. The average Bonchev–Trinajstić information content (AvgIpc) is 2.27. The first kappa shape index (κ1) is 13.2. The summed E-state index contributed by atoms with van der Waals surface area (Å²) >= 11 is 0. The van der Waals surface area contributed by atoms with Gasteiger partial charge in [-0.15, -0.1) is 0 Å². The second-order valence-corrected chi connectivity index (χ2v) is 3.91. The van der Waals surface area contributed by atoms with Gasteiger partial charge in [-0.25, -0.2) is 0 Å². The van der Waals surface area contributed by atoms with Crippen molar-refractivity contribution in [1.82, 2.24) is 9.80 Å². The number of hydrogen-bond acceptors (Lipinski definition) is 3. The Morgan fingerprint density at radius 1 is 1.12 bits per heavy atom. The van der Waals surface area contributed by atoms with Crippen LogP contribution in [0, 0.1) is 0 Å². The molecule has 0 radical (unpaired) electrons. The first-order valence-electron chi connectivity index (χ1n) is 5.10. The molecule has 0 amide bonds. The average molecular weight is 240 g/mol. The summed E-state index contributed by atoms with van der Waals surface area (Å²) in [5.74, 6) is -0.940. The number of nitrogens with zero attached hydrogens (tertiary/aromatic N) is 2. The van der Waals surface area contributed by atoms with E-state index in [1.54, 1.807) is 4.90 Å². The maximum absolute atomic E-state index is 12.1. The molecule has 7 heteroatoms. The topological polar surface area (TPSA) is 43.8 Å². The van der Waals surface area contributed by atoms with E-state index in [9.17, 15) is 18.0 Å². The summed E-state index contributed by atoms with van der Waals surface area (Å²) in [5.41, 5.74) is 0. The van der Waals surface area contributed by atoms with E-state index in [2.05, 4.69) is 0 Å². The van der Waals surface area contributed by atoms with E-state index in [1.165, 1.54) is 4.90 Å². The van der Waals surface area contributed by atoms with Gasteiger partial charge >= 0.3 is 12.1 Å². The van der Waals surface area contributed by atoms with Crippen molar-refractivity contribution in [3.63, 3.8) is 0 Å². The monoisotopic (exact) mass is 240 g/mol. The Kier molecular flexibility index (Phi) is 4.55. The van der Waals surface area contributed by atoms with Crippen molar-refractivity contribution in [2.75, 3.05) is 39.3 Å². The standard InChI is InChI=1S/C9H15F3N2O2/c10-9(11,12)7-14-3-1-2-13(4-5-14)6-8(15)16/h1-7H2,(H,15,16). The predicted molar refractivity (Wildman–Crippen MR) is 51.2 cm³/mol. The third-order valence-corrected chi connectivity index (χ3v) is 2.44. The number of carbonyl (C=O) groups is 1. The summed E-state index contributed by atoms with van der Waals surface area (Å²) in [6, 6.07) is 0. The van der Waals surface area contributed by atoms with Crippen LogP contribution in [0.1, 0.15) is 6.42 Å². The zero-order valence-electron chi connectivity index (χ0n) is 8.83. The predicted octanol–water partition coefficient (Wildman–Crippen LogP) is 0.641. The van der Waals surface area contributed by atoms with Crippen molar-refractivity contribution >= 4 is 5.97 Å². The Morgan fingerprint density at radius 3 is 2.25 bits per heavy atom. The molecular weight excluding hydrogens is 225 g/mol. The van der Waals surface area contributed by atoms with Gasteiger partial charge in [-0.05, 0) is 13.0 Å². The fourth-order valence-electron chi connectivity index (χ4n) is 1.79. The van der Waals surface area contributed by atoms with E-state index >= 15 is 0 Å². The molecule has 94 valence electrons. The molecule has 1 aliphatic rings. The molecule has 0 unspecified atom stereocenters. The molecule has 1 fully saturated rings. The number of rotatable bonds is 3. The molecule has 1 heterocycles. The molecule has 0 spiro atoms. The minimum Gasteiger partial charge on any atom is -0.480 e. The van der Waals surface area contributed by atoms with E-state index in [0.29, 0.717) is 26.1 Å². The van der Waals surface area contributed by atoms with Crippen LogP contribution in [-0.2, 0) is 4.79 Å². The minimum atomic E-state index is -4.18. The lowest BCUT2D eigenvalue weighted by Crippen LogP contribution is -2.38. The van der Waals surface area contributed by atoms with Gasteiger partial charge < -0.3 is 5.11 Å². The molecule has 1 saturated heterocycles. The van der Waals surface area contributed by atoms with Gasteiger partial charge in [-0.1, -0.05) is 0 Å². The third kappa shape index (κ3) is 5.32. The van der Waals surface area contributed by atoms with Crippen LogP contribution < -0.4 is 0 Å². The molecule has 0 aromatic carbocycles. The zero-order chi connectivity index (χ0) is 12.2. The Morgan fingerprint density at radius 2 is 1.69 bits per heavy atom. The molecule has 0 aromatic rings. The lowest BCUT2D eigenvalue weighted by atomic mass is 10.4.